The van der Waals surface area contributed by atoms with Gasteiger partial charge in [0, 0.05) is 18.4 Å². The summed E-state index contributed by atoms with van der Waals surface area (Å²) < 4.78 is 4.66. The summed E-state index contributed by atoms with van der Waals surface area (Å²) in [5.74, 6) is 0.319. The number of rotatable bonds is 7. The van der Waals surface area contributed by atoms with Gasteiger partial charge in [0.1, 0.15) is 0 Å². The van der Waals surface area contributed by atoms with Gasteiger partial charge in [0.2, 0.25) is 12.3 Å². The third-order valence-electron chi connectivity index (χ3n) is 3.52. The summed E-state index contributed by atoms with van der Waals surface area (Å²) >= 11 is 0. The highest BCUT2D eigenvalue weighted by atomic mass is 16.5. The largest absolute Gasteiger partial charge is 0.346 e. The van der Waals surface area contributed by atoms with Gasteiger partial charge in [-0.05, 0) is 12.3 Å². The predicted molar refractivity (Wildman–Crippen MR) is 84.6 cm³/mol. The maximum atomic E-state index is 12.3. The van der Waals surface area contributed by atoms with Crippen molar-refractivity contribution in [2.45, 2.75) is 39.7 Å². The lowest BCUT2D eigenvalue weighted by molar-refractivity contribution is -0.123. The monoisotopic (exact) mass is 315 g/mol. The molecule has 0 fully saturated rings. The van der Waals surface area contributed by atoms with Crippen LogP contribution in [0.3, 0.4) is 0 Å². The predicted octanol–water partition coefficient (Wildman–Crippen LogP) is 2.94. The standard InChI is InChI=1S/C17H21N3O3/c1-12(16-18-11-23-20-16)19-15(22)10-17(2,3)9-14(21)13-7-5-4-6-8-13/h4-8,11-12H,9-10H2,1-3H3,(H,19,22)/t12-/m1/s1. The zero-order chi connectivity index (χ0) is 16.9. The molecule has 122 valence electrons. The first-order chi connectivity index (χ1) is 10.9. The quantitative estimate of drug-likeness (QED) is 0.794. The maximum absolute atomic E-state index is 12.3. The molecule has 2 rings (SSSR count). The Morgan fingerprint density at radius 3 is 2.52 bits per heavy atom. The third kappa shape index (κ3) is 5.02. The zero-order valence-corrected chi connectivity index (χ0v) is 13.6. The van der Waals surface area contributed by atoms with Crippen LogP contribution in [0.15, 0.2) is 41.2 Å². The van der Waals surface area contributed by atoms with Crippen molar-refractivity contribution in [1.82, 2.24) is 15.5 Å². The van der Waals surface area contributed by atoms with E-state index >= 15 is 0 Å². The molecule has 0 saturated carbocycles. The molecule has 6 heteroatoms. The van der Waals surface area contributed by atoms with Crippen molar-refractivity contribution >= 4 is 11.7 Å². The average Bonchev–Trinajstić information content (AvgIpc) is 3.01. The molecule has 0 aliphatic carbocycles. The van der Waals surface area contributed by atoms with Gasteiger partial charge in [-0.1, -0.05) is 49.3 Å². The van der Waals surface area contributed by atoms with Crippen molar-refractivity contribution < 1.29 is 14.1 Å². The summed E-state index contributed by atoms with van der Waals surface area (Å²) in [5, 5.41) is 6.51. The van der Waals surface area contributed by atoms with Crippen molar-refractivity contribution in [3.63, 3.8) is 0 Å². The summed E-state index contributed by atoms with van der Waals surface area (Å²) in [6.07, 6.45) is 1.77. The second kappa shape index (κ2) is 7.17. The lowest BCUT2D eigenvalue weighted by Crippen LogP contribution is -2.32. The molecule has 6 nitrogen and oxygen atoms in total. The zero-order valence-electron chi connectivity index (χ0n) is 13.6. The number of nitrogens with zero attached hydrogens (tertiary/aromatic N) is 2. The summed E-state index contributed by atoms with van der Waals surface area (Å²) in [4.78, 5) is 28.4. The first-order valence-corrected chi connectivity index (χ1v) is 7.51. The minimum Gasteiger partial charge on any atom is -0.346 e. The SMILES string of the molecule is C[C@@H](NC(=O)CC(C)(C)CC(=O)c1ccccc1)c1ncon1. The highest BCUT2D eigenvalue weighted by molar-refractivity contribution is 5.96. The Bertz CT molecular complexity index is 651. The van der Waals surface area contributed by atoms with Crippen LogP contribution in [0.25, 0.3) is 0 Å². The van der Waals surface area contributed by atoms with E-state index in [1.54, 1.807) is 19.1 Å². The van der Waals surface area contributed by atoms with Gasteiger partial charge < -0.3 is 9.84 Å². The number of nitrogens with one attached hydrogen (secondary N) is 1. The van der Waals surface area contributed by atoms with E-state index in [1.165, 1.54) is 6.39 Å². The number of benzene rings is 1. The molecule has 1 N–H and O–H groups in total. The topological polar surface area (TPSA) is 85.1 Å². The lowest BCUT2D eigenvalue weighted by atomic mass is 9.82. The average molecular weight is 315 g/mol. The van der Waals surface area contributed by atoms with Crippen molar-refractivity contribution in [1.29, 1.82) is 0 Å². The molecule has 1 amide bonds. The molecular formula is C17H21N3O3. The first kappa shape index (κ1) is 16.9. The van der Waals surface area contributed by atoms with E-state index in [1.807, 2.05) is 32.0 Å². The third-order valence-corrected chi connectivity index (χ3v) is 3.52. The number of amides is 1. The summed E-state index contributed by atoms with van der Waals surface area (Å²) in [5.41, 5.74) is 0.231. The van der Waals surface area contributed by atoms with Crippen LogP contribution in [-0.4, -0.2) is 21.8 Å². The molecule has 0 aliphatic rings. The Morgan fingerprint density at radius 1 is 1.22 bits per heavy atom. The van der Waals surface area contributed by atoms with Crippen molar-refractivity contribution in [2.24, 2.45) is 5.41 Å². The van der Waals surface area contributed by atoms with Gasteiger partial charge in [0.05, 0.1) is 6.04 Å². The van der Waals surface area contributed by atoms with Crippen molar-refractivity contribution in [2.75, 3.05) is 0 Å². The molecule has 0 bridgehead atoms. The van der Waals surface area contributed by atoms with Gasteiger partial charge in [-0.25, -0.2) is 0 Å². The van der Waals surface area contributed by atoms with Gasteiger partial charge in [0.15, 0.2) is 11.6 Å². The van der Waals surface area contributed by atoms with Gasteiger partial charge >= 0.3 is 0 Å². The number of ketones is 1. The summed E-state index contributed by atoms with van der Waals surface area (Å²) in [6, 6.07) is 8.78. The van der Waals surface area contributed by atoms with Crippen molar-refractivity contribution in [3.8, 4) is 0 Å². The molecule has 0 radical (unpaired) electrons. The molecule has 1 heterocycles. The van der Waals surface area contributed by atoms with Crippen LogP contribution < -0.4 is 5.32 Å². The number of hydrogen-bond acceptors (Lipinski definition) is 5. The highest BCUT2D eigenvalue weighted by Crippen LogP contribution is 2.27. The van der Waals surface area contributed by atoms with E-state index in [9.17, 15) is 9.59 Å². The van der Waals surface area contributed by atoms with E-state index in [0.29, 0.717) is 17.8 Å². The normalized spacial score (nSPS) is 12.7. The maximum Gasteiger partial charge on any atom is 0.221 e. The molecule has 2 aromatic rings. The number of Topliss-reactive ketones (excluding diaryl/α,β-unsaturated/α-hetero) is 1. The second-order valence-electron chi connectivity index (χ2n) is 6.39. The highest BCUT2D eigenvalue weighted by Gasteiger charge is 2.27. The number of carbonyl (C=O) groups is 2. The summed E-state index contributed by atoms with van der Waals surface area (Å²) in [6.45, 7) is 5.60. The molecule has 1 aromatic carbocycles. The Morgan fingerprint density at radius 2 is 1.91 bits per heavy atom. The molecular weight excluding hydrogens is 294 g/mol. The molecule has 0 spiro atoms. The van der Waals surface area contributed by atoms with E-state index < -0.39 is 5.41 Å². The summed E-state index contributed by atoms with van der Waals surface area (Å²) in [7, 11) is 0. The van der Waals surface area contributed by atoms with Gasteiger partial charge in [0.25, 0.3) is 0 Å². The van der Waals surface area contributed by atoms with E-state index in [0.717, 1.165) is 0 Å². The van der Waals surface area contributed by atoms with Crippen LogP contribution in [0.1, 0.15) is 55.8 Å². The fourth-order valence-electron chi connectivity index (χ4n) is 2.38. The van der Waals surface area contributed by atoms with Crippen LogP contribution in [0.5, 0.6) is 0 Å². The van der Waals surface area contributed by atoms with Gasteiger partial charge in [-0.2, -0.15) is 4.98 Å². The van der Waals surface area contributed by atoms with E-state index in [-0.39, 0.29) is 24.2 Å². The van der Waals surface area contributed by atoms with Crippen LogP contribution >= 0.6 is 0 Å². The first-order valence-electron chi connectivity index (χ1n) is 7.51. The van der Waals surface area contributed by atoms with Crippen LogP contribution in [-0.2, 0) is 4.79 Å². The van der Waals surface area contributed by atoms with Gasteiger partial charge in [-0.3, -0.25) is 9.59 Å². The Balaban J connectivity index is 1.90. The number of aromatic nitrogens is 2. The van der Waals surface area contributed by atoms with Gasteiger partial charge in [-0.15, -0.1) is 0 Å². The molecule has 0 saturated heterocycles. The molecule has 1 aromatic heterocycles. The number of carbonyl (C=O) groups excluding carboxylic acids is 2. The Labute approximate surface area is 135 Å². The minimum absolute atomic E-state index is 0.0367. The Kier molecular flexibility index (Phi) is 5.26. The molecule has 1 atom stereocenters. The number of hydrogen-bond donors (Lipinski definition) is 1. The molecule has 0 unspecified atom stereocenters. The van der Waals surface area contributed by atoms with Crippen LogP contribution in [0.2, 0.25) is 0 Å². The van der Waals surface area contributed by atoms with E-state index in [2.05, 4.69) is 20.0 Å². The fraction of sp³-hybridized carbons (Fsp3) is 0.412. The van der Waals surface area contributed by atoms with Crippen LogP contribution in [0.4, 0.5) is 0 Å². The lowest BCUT2D eigenvalue weighted by Gasteiger charge is -2.24. The van der Waals surface area contributed by atoms with E-state index in [4.69, 9.17) is 0 Å². The van der Waals surface area contributed by atoms with Crippen LogP contribution in [0, 0.1) is 5.41 Å². The molecule has 23 heavy (non-hydrogen) atoms. The molecule has 0 aliphatic heterocycles. The van der Waals surface area contributed by atoms with Crippen molar-refractivity contribution in [3.05, 3.63) is 48.1 Å². The minimum atomic E-state index is -0.437. The second-order valence-corrected chi connectivity index (χ2v) is 6.39. The fourth-order valence-corrected chi connectivity index (χ4v) is 2.38. The smallest absolute Gasteiger partial charge is 0.221 e. The Hall–Kier alpha value is -2.50.